The van der Waals surface area contributed by atoms with Crippen molar-refractivity contribution in [2.75, 3.05) is 13.6 Å². The Balaban J connectivity index is 2.13. The first-order valence-corrected chi connectivity index (χ1v) is 6.97. The van der Waals surface area contributed by atoms with Crippen LogP contribution in [0.4, 0.5) is 0 Å². The molecule has 0 saturated carbocycles. The molecule has 1 aromatic carbocycles. The highest BCUT2D eigenvalue weighted by molar-refractivity contribution is 5.79. The van der Waals surface area contributed by atoms with Crippen molar-refractivity contribution in [2.24, 2.45) is 11.7 Å². The summed E-state index contributed by atoms with van der Waals surface area (Å²) in [5.74, 6) is 1.10. The summed E-state index contributed by atoms with van der Waals surface area (Å²) in [4.78, 5) is 13.9. The Morgan fingerprint density at radius 3 is 2.70 bits per heavy atom. The van der Waals surface area contributed by atoms with Crippen LogP contribution in [0.25, 0.3) is 11.0 Å². The van der Waals surface area contributed by atoms with Gasteiger partial charge in [-0.1, -0.05) is 25.1 Å². The Morgan fingerprint density at radius 1 is 1.35 bits per heavy atom. The summed E-state index contributed by atoms with van der Waals surface area (Å²) in [6, 6.07) is 9.77. The number of nitrogens with zero attached hydrogens (tertiary/aromatic N) is 1. The highest BCUT2D eigenvalue weighted by atomic mass is 16.3. The van der Waals surface area contributed by atoms with Crippen molar-refractivity contribution in [1.82, 2.24) is 4.90 Å². The van der Waals surface area contributed by atoms with E-state index in [1.165, 1.54) is 0 Å². The lowest BCUT2D eigenvalue weighted by Crippen LogP contribution is -2.31. The van der Waals surface area contributed by atoms with Gasteiger partial charge in [0, 0.05) is 18.9 Å². The number of rotatable bonds is 5. The number of nitrogens with two attached hydrogens (primary N) is 1. The van der Waals surface area contributed by atoms with E-state index in [1.54, 1.807) is 4.90 Å². The van der Waals surface area contributed by atoms with Gasteiger partial charge in [-0.2, -0.15) is 0 Å². The molecule has 4 nitrogen and oxygen atoms in total. The van der Waals surface area contributed by atoms with Gasteiger partial charge >= 0.3 is 0 Å². The van der Waals surface area contributed by atoms with Crippen molar-refractivity contribution in [3.05, 3.63) is 36.1 Å². The second kappa shape index (κ2) is 6.09. The van der Waals surface area contributed by atoms with Crippen LogP contribution in [0.5, 0.6) is 0 Å². The fourth-order valence-corrected chi connectivity index (χ4v) is 2.14. The van der Waals surface area contributed by atoms with Crippen LogP contribution in [-0.2, 0) is 4.79 Å². The molecule has 2 atom stereocenters. The van der Waals surface area contributed by atoms with Gasteiger partial charge in [0.05, 0.1) is 6.04 Å². The largest absolute Gasteiger partial charge is 0.459 e. The van der Waals surface area contributed by atoms with Crippen molar-refractivity contribution in [3.63, 3.8) is 0 Å². The van der Waals surface area contributed by atoms with Crippen LogP contribution in [0, 0.1) is 5.92 Å². The van der Waals surface area contributed by atoms with E-state index in [2.05, 4.69) is 0 Å². The molecule has 0 aliphatic rings. The van der Waals surface area contributed by atoms with Gasteiger partial charge in [0.15, 0.2) is 0 Å². The third-order valence-corrected chi connectivity index (χ3v) is 3.76. The zero-order valence-corrected chi connectivity index (χ0v) is 12.3. The van der Waals surface area contributed by atoms with Gasteiger partial charge in [-0.3, -0.25) is 4.79 Å². The standard InChI is InChI=1S/C16H22N2O2/c1-11(10-17)8-16(19)18(3)12(2)15-9-13-6-4-5-7-14(13)20-15/h4-7,9,11-12H,8,10,17H2,1-3H3. The van der Waals surface area contributed by atoms with Crippen molar-refractivity contribution in [3.8, 4) is 0 Å². The molecule has 1 aromatic heterocycles. The van der Waals surface area contributed by atoms with Gasteiger partial charge in [0.25, 0.3) is 0 Å². The van der Waals surface area contributed by atoms with E-state index in [4.69, 9.17) is 10.2 Å². The Morgan fingerprint density at radius 2 is 2.05 bits per heavy atom. The molecular weight excluding hydrogens is 252 g/mol. The van der Waals surface area contributed by atoms with Gasteiger partial charge in [-0.05, 0) is 31.5 Å². The molecule has 0 aliphatic carbocycles. The Labute approximate surface area is 119 Å². The molecule has 0 radical (unpaired) electrons. The van der Waals surface area contributed by atoms with Crippen molar-refractivity contribution in [1.29, 1.82) is 0 Å². The van der Waals surface area contributed by atoms with Crippen molar-refractivity contribution >= 4 is 16.9 Å². The number of fused-ring (bicyclic) bond motifs is 1. The first-order chi connectivity index (χ1) is 9.52. The summed E-state index contributed by atoms with van der Waals surface area (Å²) in [7, 11) is 1.81. The van der Waals surface area contributed by atoms with Crippen LogP contribution in [0.3, 0.4) is 0 Å². The molecule has 1 amide bonds. The van der Waals surface area contributed by atoms with Crippen LogP contribution < -0.4 is 5.73 Å². The number of hydrogen-bond acceptors (Lipinski definition) is 3. The van der Waals surface area contributed by atoms with E-state index in [1.807, 2.05) is 51.2 Å². The zero-order valence-electron chi connectivity index (χ0n) is 12.3. The number of furan rings is 1. The summed E-state index contributed by atoms with van der Waals surface area (Å²) in [5, 5.41) is 1.06. The van der Waals surface area contributed by atoms with E-state index < -0.39 is 0 Å². The van der Waals surface area contributed by atoms with Gasteiger partial charge in [0.2, 0.25) is 5.91 Å². The molecule has 2 aromatic rings. The van der Waals surface area contributed by atoms with Crippen LogP contribution in [0.2, 0.25) is 0 Å². The van der Waals surface area contributed by atoms with Crippen LogP contribution in [-0.4, -0.2) is 24.4 Å². The number of amides is 1. The molecule has 2 unspecified atom stereocenters. The second-order valence-corrected chi connectivity index (χ2v) is 5.41. The van der Waals surface area contributed by atoms with Crippen molar-refractivity contribution < 1.29 is 9.21 Å². The highest BCUT2D eigenvalue weighted by Crippen LogP contribution is 2.27. The maximum absolute atomic E-state index is 12.2. The maximum atomic E-state index is 12.2. The van der Waals surface area contributed by atoms with Gasteiger partial charge < -0.3 is 15.1 Å². The number of para-hydroxylation sites is 1. The topological polar surface area (TPSA) is 59.5 Å². The zero-order chi connectivity index (χ0) is 14.7. The molecule has 4 heteroatoms. The lowest BCUT2D eigenvalue weighted by Gasteiger charge is -2.24. The Kier molecular flexibility index (Phi) is 4.45. The predicted octanol–water partition coefficient (Wildman–Crippen LogP) is 2.94. The van der Waals surface area contributed by atoms with E-state index in [0.29, 0.717) is 13.0 Å². The second-order valence-electron chi connectivity index (χ2n) is 5.41. The minimum atomic E-state index is -0.0834. The summed E-state index contributed by atoms with van der Waals surface area (Å²) in [6.45, 7) is 4.49. The third kappa shape index (κ3) is 3.02. The first kappa shape index (κ1) is 14.6. The number of carbonyl (C=O) groups is 1. The Hall–Kier alpha value is -1.81. The van der Waals surface area contributed by atoms with E-state index >= 15 is 0 Å². The summed E-state index contributed by atoms with van der Waals surface area (Å²) in [6.07, 6.45) is 0.470. The van der Waals surface area contributed by atoms with Gasteiger partial charge in [-0.15, -0.1) is 0 Å². The number of benzene rings is 1. The molecule has 0 bridgehead atoms. The van der Waals surface area contributed by atoms with Gasteiger partial charge in [0.1, 0.15) is 11.3 Å². The smallest absolute Gasteiger partial charge is 0.223 e. The van der Waals surface area contributed by atoms with E-state index in [-0.39, 0.29) is 17.9 Å². The molecule has 1 heterocycles. The molecule has 108 valence electrons. The quantitative estimate of drug-likeness (QED) is 0.912. The summed E-state index contributed by atoms with van der Waals surface area (Å²) in [5.41, 5.74) is 6.42. The SMILES string of the molecule is CC(CN)CC(=O)N(C)C(C)c1cc2ccccc2o1. The fraction of sp³-hybridized carbons (Fsp3) is 0.438. The van der Waals surface area contributed by atoms with E-state index in [9.17, 15) is 4.79 Å². The number of hydrogen-bond donors (Lipinski definition) is 1. The molecule has 2 N–H and O–H groups in total. The van der Waals surface area contributed by atoms with Crippen LogP contribution in [0.1, 0.15) is 32.1 Å². The van der Waals surface area contributed by atoms with Crippen molar-refractivity contribution in [2.45, 2.75) is 26.3 Å². The molecule has 0 fully saturated rings. The van der Waals surface area contributed by atoms with Crippen LogP contribution in [0.15, 0.2) is 34.7 Å². The first-order valence-electron chi connectivity index (χ1n) is 6.97. The lowest BCUT2D eigenvalue weighted by molar-refractivity contribution is -0.132. The monoisotopic (exact) mass is 274 g/mol. The molecule has 0 saturated heterocycles. The molecule has 0 aliphatic heterocycles. The fourth-order valence-electron chi connectivity index (χ4n) is 2.14. The molecule has 0 spiro atoms. The van der Waals surface area contributed by atoms with Gasteiger partial charge in [-0.25, -0.2) is 0 Å². The minimum absolute atomic E-state index is 0.0834. The highest BCUT2D eigenvalue weighted by Gasteiger charge is 2.21. The third-order valence-electron chi connectivity index (χ3n) is 3.76. The Bertz CT molecular complexity index is 558. The lowest BCUT2D eigenvalue weighted by atomic mass is 10.1. The summed E-state index contributed by atoms with van der Waals surface area (Å²) < 4.78 is 5.81. The number of carbonyl (C=O) groups excluding carboxylic acids is 1. The average Bonchev–Trinajstić information content (AvgIpc) is 2.89. The maximum Gasteiger partial charge on any atom is 0.223 e. The van der Waals surface area contributed by atoms with E-state index in [0.717, 1.165) is 16.7 Å². The van der Waals surface area contributed by atoms with Crippen LogP contribution >= 0.6 is 0 Å². The average molecular weight is 274 g/mol. The molecular formula is C16H22N2O2. The summed E-state index contributed by atoms with van der Waals surface area (Å²) >= 11 is 0. The minimum Gasteiger partial charge on any atom is -0.459 e. The molecule has 2 rings (SSSR count). The normalized spacial score (nSPS) is 14.2. The molecule has 20 heavy (non-hydrogen) atoms. The predicted molar refractivity (Wildman–Crippen MR) is 80.2 cm³/mol.